The molecular weight excluding hydrogens is 140 g/mol. The molecule has 1 saturated carbocycles. The molecule has 11 heavy (non-hydrogen) atoms. The topological polar surface area (TPSA) is 26.3 Å². The molecule has 0 saturated heterocycles. The van der Waals surface area contributed by atoms with Crippen molar-refractivity contribution in [3.05, 3.63) is 12.7 Å². The molecule has 0 aliphatic heterocycles. The summed E-state index contributed by atoms with van der Waals surface area (Å²) in [5.41, 5.74) is 0.0643. The summed E-state index contributed by atoms with van der Waals surface area (Å²) in [7, 11) is 1.43. The van der Waals surface area contributed by atoms with Gasteiger partial charge >= 0.3 is 5.97 Å². The normalized spacial score (nSPS) is 32.6. The fraction of sp³-hybridized carbons (Fsp3) is 0.667. The number of carbonyl (C=O) groups excluding carboxylic acids is 1. The lowest BCUT2D eigenvalue weighted by Crippen LogP contribution is -2.07. The van der Waals surface area contributed by atoms with Crippen LogP contribution in [0, 0.1) is 17.3 Å². The number of allylic oxidation sites excluding steroid dienone is 1. The van der Waals surface area contributed by atoms with E-state index in [2.05, 4.69) is 25.2 Å². The minimum Gasteiger partial charge on any atom is -0.469 e. The smallest absolute Gasteiger partial charge is 0.309 e. The Bertz CT molecular complexity index is 194. The molecular formula is C9H14O2. The molecule has 1 aliphatic rings. The number of ether oxygens (including phenoxy) is 1. The zero-order valence-electron chi connectivity index (χ0n) is 7.26. The van der Waals surface area contributed by atoms with E-state index in [0.29, 0.717) is 5.92 Å². The number of hydrogen-bond acceptors (Lipinski definition) is 2. The van der Waals surface area contributed by atoms with Gasteiger partial charge in [0.2, 0.25) is 0 Å². The second-order valence-electron chi connectivity index (χ2n) is 3.58. The van der Waals surface area contributed by atoms with Crippen molar-refractivity contribution in [2.45, 2.75) is 13.8 Å². The van der Waals surface area contributed by atoms with Gasteiger partial charge in [0.05, 0.1) is 13.0 Å². The van der Waals surface area contributed by atoms with E-state index in [1.807, 2.05) is 6.08 Å². The average molecular weight is 154 g/mol. The van der Waals surface area contributed by atoms with Gasteiger partial charge in [-0.2, -0.15) is 0 Å². The van der Waals surface area contributed by atoms with Crippen LogP contribution in [0.4, 0.5) is 0 Å². The van der Waals surface area contributed by atoms with E-state index in [1.54, 1.807) is 0 Å². The van der Waals surface area contributed by atoms with Gasteiger partial charge in [-0.25, -0.2) is 0 Å². The van der Waals surface area contributed by atoms with Crippen LogP contribution in [-0.2, 0) is 9.53 Å². The van der Waals surface area contributed by atoms with Gasteiger partial charge < -0.3 is 4.74 Å². The predicted octanol–water partition coefficient (Wildman–Crippen LogP) is 1.62. The van der Waals surface area contributed by atoms with Crippen molar-refractivity contribution in [1.82, 2.24) is 0 Å². The first-order valence-corrected chi connectivity index (χ1v) is 3.76. The largest absolute Gasteiger partial charge is 0.469 e. The molecule has 1 rings (SSSR count). The summed E-state index contributed by atoms with van der Waals surface area (Å²) >= 11 is 0. The third-order valence-corrected chi connectivity index (χ3v) is 2.62. The van der Waals surface area contributed by atoms with E-state index >= 15 is 0 Å². The van der Waals surface area contributed by atoms with Crippen LogP contribution in [-0.4, -0.2) is 13.1 Å². The van der Waals surface area contributed by atoms with Crippen LogP contribution in [0.2, 0.25) is 0 Å². The summed E-state index contributed by atoms with van der Waals surface area (Å²) in [4.78, 5) is 11.1. The van der Waals surface area contributed by atoms with E-state index < -0.39 is 0 Å². The van der Waals surface area contributed by atoms with Crippen molar-refractivity contribution in [3.63, 3.8) is 0 Å². The van der Waals surface area contributed by atoms with Crippen LogP contribution in [0.1, 0.15) is 13.8 Å². The first-order chi connectivity index (χ1) is 5.05. The maximum Gasteiger partial charge on any atom is 0.309 e. The summed E-state index contributed by atoms with van der Waals surface area (Å²) < 4.78 is 4.66. The Balaban J connectivity index is 2.66. The lowest BCUT2D eigenvalue weighted by Gasteiger charge is -1.98. The van der Waals surface area contributed by atoms with Crippen LogP contribution < -0.4 is 0 Å². The highest BCUT2D eigenvalue weighted by atomic mass is 16.5. The monoisotopic (exact) mass is 154 g/mol. The summed E-state index contributed by atoms with van der Waals surface area (Å²) in [6, 6.07) is 0. The van der Waals surface area contributed by atoms with Gasteiger partial charge in [-0.05, 0) is 11.3 Å². The summed E-state index contributed by atoms with van der Waals surface area (Å²) in [5, 5.41) is 0. The molecule has 1 aliphatic carbocycles. The molecule has 0 amide bonds. The highest BCUT2D eigenvalue weighted by Gasteiger charge is 2.60. The number of methoxy groups -OCH3 is 1. The van der Waals surface area contributed by atoms with Crippen molar-refractivity contribution in [1.29, 1.82) is 0 Å². The maximum atomic E-state index is 11.1. The summed E-state index contributed by atoms with van der Waals surface area (Å²) in [6.07, 6.45) is 1.83. The molecule has 2 atom stereocenters. The summed E-state index contributed by atoms with van der Waals surface area (Å²) in [6.45, 7) is 7.79. The predicted molar refractivity (Wildman–Crippen MR) is 43.0 cm³/mol. The zero-order chi connectivity index (χ0) is 8.65. The SMILES string of the molecule is C=C[C@@H]1[C@@H](C(=O)OC)C1(C)C. The van der Waals surface area contributed by atoms with Gasteiger partial charge in [-0.3, -0.25) is 4.79 Å². The van der Waals surface area contributed by atoms with Crippen LogP contribution in [0.3, 0.4) is 0 Å². The fourth-order valence-corrected chi connectivity index (χ4v) is 1.69. The molecule has 2 nitrogen and oxygen atoms in total. The molecule has 0 aromatic heterocycles. The second-order valence-corrected chi connectivity index (χ2v) is 3.58. The molecule has 0 radical (unpaired) electrons. The van der Waals surface area contributed by atoms with Gasteiger partial charge in [-0.15, -0.1) is 6.58 Å². The lowest BCUT2D eigenvalue weighted by molar-refractivity contribution is -0.143. The van der Waals surface area contributed by atoms with Gasteiger partial charge in [0, 0.05) is 0 Å². The highest BCUT2D eigenvalue weighted by Crippen LogP contribution is 2.59. The molecule has 0 unspecified atom stereocenters. The van der Waals surface area contributed by atoms with E-state index in [0.717, 1.165) is 0 Å². The number of esters is 1. The molecule has 0 aromatic carbocycles. The number of rotatable bonds is 2. The highest BCUT2D eigenvalue weighted by molar-refractivity contribution is 5.78. The number of carbonyl (C=O) groups is 1. The molecule has 2 heteroatoms. The Morgan fingerprint density at radius 1 is 1.64 bits per heavy atom. The average Bonchev–Trinajstić information content (AvgIpc) is 2.51. The third-order valence-electron chi connectivity index (χ3n) is 2.62. The molecule has 0 bridgehead atoms. The Labute approximate surface area is 67.2 Å². The third kappa shape index (κ3) is 1.06. The Morgan fingerprint density at radius 2 is 2.18 bits per heavy atom. The standard InChI is InChI=1S/C9H14O2/c1-5-6-7(8(10)11-4)9(6,2)3/h5-7H,1H2,2-4H3/t6-,7+/m1/s1. The molecule has 0 aromatic rings. The van der Waals surface area contributed by atoms with Crippen LogP contribution in [0.5, 0.6) is 0 Å². The van der Waals surface area contributed by atoms with Crippen LogP contribution in [0.25, 0.3) is 0 Å². The van der Waals surface area contributed by atoms with E-state index in [-0.39, 0.29) is 17.3 Å². The fourth-order valence-electron chi connectivity index (χ4n) is 1.69. The van der Waals surface area contributed by atoms with Crippen molar-refractivity contribution in [2.75, 3.05) is 7.11 Å². The Kier molecular flexibility index (Phi) is 1.78. The van der Waals surface area contributed by atoms with Crippen molar-refractivity contribution < 1.29 is 9.53 Å². The Hall–Kier alpha value is -0.790. The van der Waals surface area contributed by atoms with Crippen molar-refractivity contribution >= 4 is 5.97 Å². The van der Waals surface area contributed by atoms with Gasteiger partial charge in [0.25, 0.3) is 0 Å². The second kappa shape index (κ2) is 2.36. The minimum absolute atomic E-state index is 0.0324. The van der Waals surface area contributed by atoms with Gasteiger partial charge in [0.15, 0.2) is 0 Å². The molecule has 0 heterocycles. The summed E-state index contributed by atoms with van der Waals surface area (Å²) in [5.74, 6) is 0.222. The van der Waals surface area contributed by atoms with E-state index in [1.165, 1.54) is 7.11 Å². The molecule has 1 fully saturated rings. The van der Waals surface area contributed by atoms with Crippen molar-refractivity contribution in [3.8, 4) is 0 Å². The van der Waals surface area contributed by atoms with E-state index in [9.17, 15) is 4.79 Å². The number of hydrogen-bond donors (Lipinski definition) is 0. The Morgan fingerprint density at radius 3 is 2.45 bits per heavy atom. The van der Waals surface area contributed by atoms with Gasteiger partial charge in [-0.1, -0.05) is 19.9 Å². The molecule has 62 valence electrons. The first kappa shape index (κ1) is 8.31. The maximum absolute atomic E-state index is 11.1. The first-order valence-electron chi connectivity index (χ1n) is 3.76. The minimum atomic E-state index is -0.111. The van der Waals surface area contributed by atoms with Gasteiger partial charge in [0.1, 0.15) is 0 Å². The van der Waals surface area contributed by atoms with E-state index in [4.69, 9.17) is 0 Å². The van der Waals surface area contributed by atoms with Crippen molar-refractivity contribution in [2.24, 2.45) is 17.3 Å². The van der Waals surface area contributed by atoms with Crippen LogP contribution >= 0.6 is 0 Å². The quantitative estimate of drug-likeness (QED) is 0.446. The molecule has 0 N–H and O–H groups in total. The lowest BCUT2D eigenvalue weighted by atomic mass is 10.1. The molecule has 0 spiro atoms. The zero-order valence-corrected chi connectivity index (χ0v) is 7.26. The van der Waals surface area contributed by atoms with Crippen LogP contribution in [0.15, 0.2) is 12.7 Å².